The number of nitrogens with one attached hydrogen (secondary N) is 1. The van der Waals surface area contributed by atoms with Crippen LogP contribution in [0.15, 0.2) is 12.1 Å². The standard InChI is InChI=1S/C12H14ClN3O2/c1-3-18-12(17)6-8(2)15-11-5-4-9(13)10(7-14)16-11/h4-5,8H,3,6H2,1-2H3,(H,15,16). The van der Waals surface area contributed by atoms with E-state index in [4.69, 9.17) is 21.6 Å². The monoisotopic (exact) mass is 267 g/mol. The molecule has 0 bridgehead atoms. The van der Waals surface area contributed by atoms with Crippen LogP contribution in [-0.2, 0) is 9.53 Å². The second kappa shape index (κ2) is 6.82. The van der Waals surface area contributed by atoms with E-state index < -0.39 is 0 Å². The van der Waals surface area contributed by atoms with E-state index in [2.05, 4.69) is 10.3 Å². The lowest BCUT2D eigenvalue weighted by Gasteiger charge is -2.13. The van der Waals surface area contributed by atoms with Crippen molar-refractivity contribution in [1.29, 1.82) is 5.26 Å². The Hall–Kier alpha value is -1.80. The third kappa shape index (κ3) is 4.22. The summed E-state index contributed by atoms with van der Waals surface area (Å²) in [4.78, 5) is 15.3. The molecule has 1 unspecified atom stereocenters. The minimum atomic E-state index is -0.271. The van der Waals surface area contributed by atoms with Crippen LogP contribution in [0.2, 0.25) is 5.02 Å². The Bertz CT molecular complexity index is 471. The van der Waals surface area contributed by atoms with Gasteiger partial charge in [0.1, 0.15) is 11.9 Å². The van der Waals surface area contributed by atoms with Gasteiger partial charge in [0.25, 0.3) is 0 Å². The first-order valence-corrected chi connectivity index (χ1v) is 5.93. The second-order valence-corrected chi connectivity index (χ2v) is 4.10. The molecule has 1 atom stereocenters. The van der Waals surface area contributed by atoms with Crippen molar-refractivity contribution < 1.29 is 9.53 Å². The number of anilines is 1. The Morgan fingerprint density at radius 3 is 3.00 bits per heavy atom. The quantitative estimate of drug-likeness (QED) is 0.829. The lowest BCUT2D eigenvalue weighted by molar-refractivity contribution is -0.143. The summed E-state index contributed by atoms with van der Waals surface area (Å²) in [5.74, 6) is 0.236. The number of carbonyl (C=O) groups excluding carboxylic acids is 1. The summed E-state index contributed by atoms with van der Waals surface area (Å²) in [5, 5.41) is 12.1. The molecule has 0 aromatic carbocycles. The van der Waals surface area contributed by atoms with Crippen molar-refractivity contribution >= 4 is 23.4 Å². The summed E-state index contributed by atoms with van der Waals surface area (Å²) in [6, 6.07) is 5.01. The van der Waals surface area contributed by atoms with E-state index >= 15 is 0 Å². The summed E-state index contributed by atoms with van der Waals surface area (Å²) >= 11 is 5.77. The molecule has 0 fully saturated rings. The molecular formula is C12H14ClN3O2. The Balaban J connectivity index is 2.62. The van der Waals surface area contributed by atoms with Crippen LogP contribution in [0.3, 0.4) is 0 Å². The lowest BCUT2D eigenvalue weighted by Crippen LogP contribution is -2.21. The number of aromatic nitrogens is 1. The fraction of sp³-hybridized carbons (Fsp3) is 0.417. The number of halogens is 1. The van der Waals surface area contributed by atoms with Crippen LogP contribution < -0.4 is 5.32 Å². The highest BCUT2D eigenvalue weighted by atomic mass is 35.5. The smallest absolute Gasteiger partial charge is 0.307 e. The van der Waals surface area contributed by atoms with Crippen LogP contribution >= 0.6 is 11.6 Å². The number of carbonyl (C=O) groups is 1. The van der Waals surface area contributed by atoms with E-state index in [0.717, 1.165) is 0 Å². The zero-order valence-electron chi connectivity index (χ0n) is 10.2. The van der Waals surface area contributed by atoms with Gasteiger partial charge in [0.05, 0.1) is 18.1 Å². The molecule has 1 heterocycles. The van der Waals surface area contributed by atoms with E-state index in [9.17, 15) is 4.79 Å². The number of nitrogens with zero attached hydrogens (tertiary/aromatic N) is 2. The third-order valence-corrected chi connectivity index (χ3v) is 2.43. The van der Waals surface area contributed by atoms with Crippen molar-refractivity contribution in [2.75, 3.05) is 11.9 Å². The Labute approximate surface area is 111 Å². The van der Waals surface area contributed by atoms with Crippen LogP contribution in [0.4, 0.5) is 5.82 Å². The molecule has 0 saturated carbocycles. The highest BCUT2D eigenvalue weighted by molar-refractivity contribution is 6.31. The molecule has 1 aromatic rings. The number of nitriles is 1. The molecule has 5 nitrogen and oxygen atoms in total. The molecule has 0 aliphatic rings. The van der Waals surface area contributed by atoms with Gasteiger partial charge >= 0.3 is 5.97 Å². The summed E-state index contributed by atoms with van der Waals surface area (Å²) < 4.78 is 4.84. The third-order valence-electron chi connectivity index (χ3n) is 2.12. The van der Waals surface area contributed by atoms with Gasteiger partial charge in [-0.1, -0.05) is 11.6 Å². The van der Waals surface area contributed by atoms with Crippen molar-refractivity contribution in [3.8, 4) is 6.07 Å². The lowest BCUT2D eigenvalue weighted by atomic mass is 10.2. The molecule has 6 heteroatoms. The molecule has 0 radical (unpaired) electrons. The molecule has 0 aliphatic carbocycles. The molecule has 1 aromatic heterocycles. The maximum absolute atomic E-state index is 11.3. The summed E-state index contributed by atoms with van der Waals surface area (Å²) in [6.45, 7) is 3.96. The van der Waals surface area contributed by atoms with E-state index in [1.54, 1.807) is 19.1 Å². The van der Waals surface area contributed by atoms with E-state index in [-0.39, 0.29) is 24.1 Å². The SMILES string of the molecule is CCOC(=O)CC(C)Nc1ccc(Cl)c(C#N)n1. The number of hydrogen-bond donors (Lipinski definition) is 1. The fourth-order valence-electron chi connectivity index (χ4n) is 1.37. The number of esters is 1. The van der Waals surface area contributed by atoms with Crippen LogP contribution in [0.1, 0.15) is 26.0 Å². The van der Waals surface area contributed by atoms with Crippen molar-refractivity contribution in [3.63, 3.8) is 0 Å². The maximum atomic E-state index is 11.3. The number of hydrogen-bond acceptors (Lipinski definition) is 5. The van der Waals surface area contributed by atoms with Gasteiger partial charge in [0.2, 0.25) is 0 Å². The summed E-state index contributed by atoms with van der Waals surface area (Å²) in [7, 11) is 0. The van der Waals surface area contributed by atoms with Crippen molar-refractivity contribution in [3.05, 3.63) is 22.8 Å². The normalized spacial score (nSPS) is 11.4. The zero-order valence-corrected chi connectivity index (χ0v) is 11.0. The predicted molar refractivity (Wildman–Crippen MR) is 68.3 cm³/mol. The number of ether oxygens (including phenoxy) is 1. The van der Waals surface area contributed by atoms with E-state index in [0.29, 0.717) is 17.4 Å². The summed E-state index contributed by atoms with van der Waals surface area (Å²) in [5.41, 5.74) is 0.157. The highest BCUT2D eigenvalue weighted by Gasteiger charge is 2.11. The van der Waals surface area contributed by atoms with Crippen molar-refractivity contribution in [2.24, 2.45) is 0 Å². The first kappa shape index (κ1) is 14.3. The number of rotatable bonds is 5. The van der Waals surface area contributed by atoms with Crippen molar-refractivity contribution in [1.82, 2.24) is 4.98 Å². The zero-order chi connectivity index (χ0) is 13.5. The van der Waals surface area contributed by atoms with Gasteiger partial charge in [-0.15, -0.1) is 0 Å². The first-order valence-electron chi connectivity index (χ1n) is 5.55. The van der Waals surface area contributed by atoms with Crippen LogP contribution in [0.25, 0.3) is 0 Å². The molecule has 1 N–H and O–H groups in total. The minimum absolute atomic E-state index is 0.135. The Kier molecular flexibility index (Phi) is 5.40. The number of pyridine rings is 1. The Morgan fingerprint density at radius 1 is 1.67 bits per heavy atom. The maximum Gasteiger partial charge on any atom is 0.307 e. The topological polar surface area (TPSA) is 75.0 Å². The first-order chi connectivity index (χ1) is 8.56. The highest BCUT2D eigenvalue weighted by Crippen LogP contribution is 2.16. The average Bonchev–Trinajstić information content (AvgIpc) is 2.31. The van der Waals surface area contributed by atoms with Gasteiger partial charge in [0.15, 0.2) is 5.69 Å². The van der Waals surface area contributed by atoms with Gasteiger partial charge in [-0.05, 0) is 26.0 Å². The van der Waals surface area contributed by atoms with E-state index in [1.165, 1.54) is 0 Å². The summed E-state index contributed by atoms with van der Waals surface area (Å²) in [6.07, 6.45) is 0.236. The van der Waals surface area contributed by atoms with Gasteiger partial charge in [-0.3, -0.25) is 4.79 Å². The van der Waals surface area contributed by atoms with Gasteiger partial charge in [-0.25, -0.2) is 4.98 Å². The van der Waals surface area contributed by atoms with Gasteiger partial charge in [-0.2, -0.15) is 5.26 Å². The van der Waals surface area contributed by atoms with E-state index in [1.807, 2.05) is 13.0 Å². The average molecular weight is 268 g/mol. The molecule has 1 rings (SSSR count). The van der Waals surface area contributed by atoms with Crippen LogP contribution in [0.5, 0.6) is 0 Å². The molecule has 96 valence electrons. The minimum Gasteiger partial charge on any atom is -0.466 e. The molecular weight excluding hydrogens is 254 g/mol. The molecule has 18 heavy (non-hydrogen) atoms. The van der Waals surface area contributed by atoms with Crippen LogP contribution in [0, 0.1) is 11.3 Å². The molecule has 0 aliphatic heterocycles. The van der Waals surface area contributed by atoms with Crippen LogP contribution in [-0.4, -0.2) is 23.6 Å². The van der Waals surface area contributed by atoms with Crippen molar-refractivity contribution in [2.45, 2.75) is 26.3 Å². The Morgan fingerprint density at radius 2 is 2.39 bits per heavy atom. The van der Waals surface area contributed by atoms with Gasteiger partial charge < -0.3 is 10.1 Å². The molecule has 0 amide bonds. The van der Waals surface area contributed by atoms with Gasteiger partial charge in [0, 0.05) is 6.04 Å². The predicted octanol–water partition coefficient (Wildman–Crippen LogP) is 2.36. The molecule has 0 spiro atoms. The largest absolute Gasteiger partial charge is 0.466 e. The molecule has 0 saturated heterocycles. The second-order valence-electron chi connectivity index (χ2n) is 3.69. The fourth-order valence-corrected chi connectivity index (χ4v) is 1.52.